The van der Waals surface area contributed by atoms with Crippen LogP contribution in [-0.2, 0) is 6.18 Å². The van der Waals surface area contributed by atoms with E-state index in [1.807, 2.05) is 24.3 Å². The van der Waals surface area contributed by atoms with Crippen LogP contribution in [0.15, 0.2) is 42.6 Å². The molecule has 3 aromatic rings. The number of imidazole rings is 1. The maximum atomic E-state index is 12.6. The Bertz CT molecular complexity index is 1050. The summed E-state index contributed by atoms with van der Waals surface area (Å²) < 4.78 is 40.1. The number of nitrogens with zero attached hydrogens (tertiary/aromatic N) is 4. The first kappa shape index (κ1) is 17.2. The normalized spacial score (nSPS) is 17.8. The number of halogens is 3. The van der Waals surface area contributed by atoms with Crippen LogP contribution in [0.1, 0.15) is 46.7 Å². The zero-order valence-corrected chi connectivity index (χ0v) is 14.9. The van der Waals surface area contributed by atoms with E-state index >= 15 is 0 Å². The molecule has 2 fully saturated rings. The van der Waals surface area contributed by atoms with Gasteiger partial charge in [0.1, 0.15) is 11.5 Å². The van der Waals surface area contributed by atoms with Crippen LogP contribution < -0.4 is 0 Å². The van der Waals surface area contributed by atoms with Gasteiger partial charge in [-0.1, -0.05) is 12.1 Å². The molecule has 2 aromatic heterocycles. The fourth-order valence-corrected chi connectivity index (χ4v) is 3.73. The van der Waals surface area contributed by atoms with Crippen LogP contribution in [0, 0.1) is 0 Å². The molecular weight excluding hydrogens is 369 g/mol. The van der Waals surface area contributed by atoms with Crippen LogP contribution in [0.5, 0.6) is 0 Å². The van der Waals surface area contributed by atoms with Crippen LogP contribution in [0.3, 0.4) is 0 Å². The van der Waals surface area contributed by atoms with Gasteiger partial charge in [-0.2, -0.15) is 13.2 Å². The molecular formula is C20H17F3N4O. The Hall–Kier alpha value is -2.90. The summed E-state index contributed by atoms with van der Waals surface area (Å²) in [7, 11) is 0. The Morgan fingerprint density at radius 2 is 1.82 bits per heavy atom. The van der Waals surface area contributed by atoms with Gasteiger partial charge in [0.15, 0.2) is 0 Å². The summed E-state index contributed by atoms with van der Waals surface area (Å²) in [6.45, 7) is 1.03. The molecule has 1 saturated heterocycles. The molecule has 0 spiro atoms. The van der Waals surface area contributed by atoms with E-state index in [2.05, 4.69) is 9.55 Å². The van der Waals surface area contributed by atoms with Gasteiger partial charge in [-0.25, -0.2) is 4.98 Å². The Balaban J connectivity index is 1.35. The Morgan fingerprint density at radius 1 is 1.07 bits per heavy atom. The lowest BCUT2D eigenvalue weighted by Crippen LogP contribution is -2.51. The average Bonchev–Trinajstić information content (AvgIpc) is 3.42. The predicted molar refractivity (Wildman–Crippen MR) is 95.9 cm³/mol. The number of pyridine rings is 1. The number of amides is 1. The van der Waals surface area contributed by atoms with Gasteiger partial charge < -0.3 is 9.47 Å². The van der Waals surface area contributed by atoms with Crippen molar-refractivity contribution in [2.45, 2.75) is 31.0 Å². The first-order valence-electron chi connectivity index (χ1n) is 9.21. The maximum Gasteiger partial charge on any atom is 0.433 e. The zero-order valence-electron chi connectivity index (χ0n) is 14.9. The number of para-hydroxylation sites is 2. The Morgan fingerprint density at radius 3 is 2.46 bits per heavy atom. The molecule has 1 aromatic carbocycles. The van der Waals surface area contributed by atoms with Crippen molar-refractivity contribution < 1.29 is 18.0 Å². The number of hydrogen-bond acceptors (Lipinski definition) is 3. The Kier molecular flexibility index (Phi) is 3.72. The lowest BCUT2D eigenvalue weighted by molar-refractivity contribution is -0.141. The van der Waals surface area contributed by atoms with Crippen molar-refractivity contribution in [3.05, 3.63) is 59.7 Å². The minimum absolute atomic E-state index is 0.134. The molecule has 1 aliphatic carbocycles. The summed E-state index contributed by atoms with van der Waals surface area (Å²) in [5.41, 5.74) is 1.20. The molecule has 0 N–H and O–H groups in total. The first-order chi connectivity index (χ1) is 13.4. The van der Waals surface area contributed by atoms with E-state index in [1.54, 1.807) is 4.90 Å². The third kappa shape index (κ3) is 2.83. The molecule has 2 aliphatic rings. The highest BCUT2D eigenvalue weighted by molar-refractivity contribution is 5.94. The van der Waals surface area contributed by atoms with Crippen molar-refractivity contribution in [3.63, 3.8) is 0 Å². The number of fused-ring (bicyclic) bond motifs is 1. The van der Waals surface area contributed by atoms with E-state index in [0.717, 1.165) is 42.0 Å². The third-order valence-corrected chi connectivity index (χ3v) is 5.38. The summed E-state index contributed by atoms with van der Waals surface area (Å²) in [5.74, 6) is 1.26. The topological polar surface area (TPSA) is 51.0 Å². The number of alkyl halides is 3. The summed E-state index contributed by atoms with van der Waals surface area (Å²) in [6.07, 6.45) is -1.24. The third-order valence-electron chi connectivity index (χ3n) is 5.38. The minimum atomic E-state index is -4.51. The molecule has 28 heavy (non-hydrogen) atoms. The fraction of sp³-hybridized carbons (Fsp3) is 0.350. The molecule has 0 radical (unpaired) electrons. The number of carbonyl (C=O) groups is 1. The number of hydrogen-bond donors (Lipinski definition) is 0. The molecule has 0 atom stereocenters. The highest BCUT2D eigenvalue weighted by Crippen LogP contribution is 2.43. The number of benzene rings is 1. The molecule has 0 unspecified atom stereocenters. The molecule has 1 saturated carbocycles. The van der Waals surface area contributed by atoms with Crippen LogP contribution in [0.4, 0.5) is 13.2 Å². The lowest BCUT2D eigenvalue weighted by atomic mass is 10.1. The maximum absolute atomic E-state index is 12.6. The van der Waals surface area contributed by atoms with Crippen molar-refractivity contribution in [2.75, 3.05) is 13.1 Å². The average molecular weight is 386 g/mol. The van der Waals surface area contributed by atoms with E-state index in [9.17, 15) is 18.0 Å². The van der Waals surface area contributed by atoms with E-state index in [1.165, 1.54) is 6.07 Å². The first-order valence-corrected chi connectivity index (χ1v) is 9.21. The monoisotopic (exact) mass is 386 g/mol. The number of likely N-dealkylation sites (tertiary alicyclic amines) is 1. The molecule has 144 valence electrons. The van der Waals surface area contributed by atoms with Gasteiger partial charge in [0, 0.05) is 25.2 Å². The van der Waals surface area contributed by atoms with Gasteiger partial charge in [0.05, 0.1) is 22.6 Å². The summed E-state index contributed by atoms with van der Waals surface area (Å²) in [6, 6.07) is 10.1. The number of aromatic nitrogens is 3. The summed E-state index contributed by atoms with van der Waals surface area (Å²) in [5, 5.41) is 0. The standard InChI is InChI=1S/C20H17F3N4O/c21-20(22,23)17-8-7-13(9-24-17)19(28)26-10-14(11-26)27-16-4-2-1-3-15(16)25-18(27)12-5-6-12/h1-4,7-9,12,14H,5-6,10-11H2. The second-order valence-electron chi connectivity index (χ2n) is 7.40. The molecule has 8 heteroatoms. The molecule has 1 aliphatic heterocycles. The molecule has 5 rings (SSSR count). The van der Waals surface area contributed by atoms with Gasteiger partial charge in [-0.15, -0.1) is 0 Å². The molecule has 3 heterocycles. The van der Waals surface area contributed by atoms with Crippen molar-refractivity contribution in [1.29, 1.82) is 0 Å². The Labute approximate surface area is 158 Å². The van der Waals surface area contributed by atoms with Gasteiger partial charge in [0.25, 0.3) is 5.91 Å². The molecule has 0 bridgehead atoms. The second-order valence-corrected chi connectivity index (χ2v) is 7.40. The predicted octanol–water partition coefficient (Wildman–Crippen LogP) is 4.02. The fourth-order valence-electron chi connectivity index (χ4n) is 3.73. The zero-order chi connectivity index (χ0) is 19.5. The van der Waals surface area contributed by atoms with E-state index in [4.69, 9.17) is 4.98 Å². The van der Waals surface area contributed by atoms with E-state index in [0.29, 0.717) is 19.0 Å². The SMILES string of the molecule is O=C(c1ccc(C(F)(F)F)nc1)N1CC(n2c(C3CC3)nc3ccccc32)C1. The van der Waals surface area contributed by atoms with Crippen LogP contribution in [-0.4, -0.2) is 38.4 Å². The van der Waals surface area contributed by atoms with Crippen LogP contribution in [0.25, 0.3) is 11.0 Å². The smallest absolute Gasteiger partial charge is 0.334 e. The van der Waals surface area contributed by atoms with Gasteiger partial charge >= 0.3 is 6.18 Å². The highest BCUT2D eigenvalue weighted by Gasteiger charge is 2.38. The van der Waals surface area contributed by atoms with Crippen LogP contribution in [0.2, 0.25) is 0 Å². The van der Waals surface area contributed by atoms with E-state index < -0.39 is 11.9 Å². The van der Waals surface area contributed by atoms with Crippen molar-refractivity contribution in [3.8, 4) is 0 Å². The number of carbonyl (C=O) groups excluding carboxylic acids is 1. The number of rotatable bonds is 3. The minimum Gasteiger partial charge on any atom is -0.334 e. The summed E-state index contributed by atoms with van der Waals surface area (Å²) >= 11 is 0. The van der Waals surface area contributed by atoms with Crippen molar-refractivity contribution in [1.82, 2.24) is 19.4 Å². The second kappa shape index (κ2) is 6.05. The largest absolute Gasteiger partial charge is 0.433 e. The van der Waals surface area contributed by atoms with Crippen molar-refractivity contribution in [2.24, 2.45) is 0 Å². The lowest BCUT2D eigenvalue weighted by Gasteiger charge is -2.41. The van der Waals surface area contributed by atoms with Crippen LogP contribution >= 0.6 is 0 Å². The molecule has 5 nitrogen and oxygen atoms in total. The van der Waals surface area contributed by atoms with Gasteiger partial charge in [-0.05, 0) is 37.1 Å². The van der Waals surface area contributed by atoms with E-state index in [-0.39, 0.29) is 17.5 Å². The van der Waals surface area contributed by atoms with Crippen molar-refractivity contribution >= 4 is 16.9 Å². The summed E-state index contributed by atoms with van der Waals surface area (Å²) in [4.78, 5) is 22.4. The van der Waals surface area contributed by atoms with Gasteiger partial charge in [0.2, 0.25) is 0 Å². The quantitative estimate of drug-likeness (QED) is 0.683. The highest BCUT2D eigenvalue weighted by atomic mass is 19.4. The van der Waals surface area contributed by atoms with Gasteiger partial charge in [-0.3, -0.25) is 9.78 Å². The molecule has 1 amide bonds.